The molecule has 0 bridgehead atoms. The molecule has 112 valence electrons. The molecule has 0 amide bonds. The Labute approximate surface area is 129 Å². The molecule has 1 aliphatic carbocycles. The molecule has 1 aromatic rings. The lowest BCUT2D eigenvalue weighted by atomic mass is 9.84. The maximum atomic E-state index is 5.61. The zero-order valence-electron chi connectivity index (χ0n) is 12.2. The lowest BCUT2D eigenvalue weighted by Crippen LogP contribution is -2.34. The van der Waals surface area contributed by atoms with Gasteiger partial charge in [-0.3, -0.25) is 0 Å². The fraction of sp³-hybridized carbons (Fsp3) is 0.857. The van der Waals surface area contributed by atoms with Crippen LogP contribution in [0.1, 0.15) is 55.5 Å². The largest absolute Gasteiger partial charge is 0.339 e. The summed E-state index contributed by atoms with van der Waals surface area (Å²) < 4.78 is 5.61. The standard InChI is InChI=1S/C14H23N3OS2/c1-9-12(20-8-7-19-9)13-16-14(18-17-13)10-5-3-4-6-11(10)15-2/h9-12,15H,3-8H2,1-2H3. The van der Waals surface area contributed by atoms with Crippen LogP contribution in [0.4, 0.5) is 0 Å². The van der Waals surface area contributed by atoms with Crippen LogP contribution in [0.3, 0.4) is 0 Å². The second kappa shape index (κ2) is 6.71. The third-order valence-electron chi connectivity index (χ3n) is 4.35. The van der Waals surface area contributed by atoms with Gasteiger partial charge in [0, 0.05) is 22.8 Å². The first-order chi connectivity index (χ1) is 9.79. The summed E-state index contributed by atoms with van der Waals surface area (Å²) in [4.78, 5) is 4.75. The Bertz CT molecular complexity index is 440. The highest BCUT2D eigenvalue weighted by atomic mass is 32.2. The molecule has 4 atom stereocenters. The molecule has 0 radical (unpaired) electrons. The first-order valence-electron chi connectivity index (χ1n) is 7.53. The molecule has 4 nitrogen and oxygen atoms in total. The van der Waals surface area contributed by atoms with Gasteiger partial charge < -0.3 is 9.84 Å². The molecule has 6 heteroatoms. The average molecular weight is 313 g/mol. The topological polar surface area (TPSA) is 51.0 Å². The van der Waals surface area contributed by atoms with Crippen LogP contribution in [0.15, 0.2) is 4.52 Å². The Morgan fingerprint density at radius 1 is 1.20 bits per heavy atom. The first kappa shape index (κ1) is 14.7. The minimum Gasteiger partial charge on any atom is -0.339 e. The van der Waals surface area contributed by atoms with Gasteiger partial charge in [-0.25, -0.2) is 0 Å². The third kappa shape index (κ3) is 3.02. The van der Waals surface area contributed by atoms with Crippen LogP contribution in [0.25, 0.3) is 0 Å². The normalized spacial score (nSPS) is 35.1. The molecule has 4 unspecified atom stereocenters. The van der Waals surface area contributed by atoms with Gasteiger partial charge in [-0.15, -0.1) is 11.8 Å². The number of likely N-dealkylation sites (N-methyl/N-ethyl adjacent to an activating group) is 1. The van der Waals surface area contributed by atoms with E-state index in [0.717, 1.165) is 18.1 Å². The maximum absolute atomic E-state index is 5.61. The van der Waals surface area contributed by atoms with E-state index in [1.165, 1.54) is 30.8 Å². The van der Waals surface area contributed by atoms with Crippen molar-refractivity contribution in [2.24, 2.45) is 0 Å². The molecule has 1 aromatic heterocycles. The van der Waals surface area contributed by atoms with E-state index in [2.05, 4.69) is 17.4 Å². The van der Waals surface area contributed by atoms with E-state index in [9.17, 15) is 0 Å². The molecule has 0 aromatic carbocycles. The highest BCUT2D eigenvalue weighted by Gasteiger charge is 2.33. The van der Waals surface area contributed by atoms with Gasteiger partial charge in [0.25, 0.3) is 0 Å². The van der Waals surface area contributed by atoms with Gasteiger partial charge in [-0.1, -0.05) is 24.9 Å². The summed E-state index contributed by atoms with van der Waals surface area (Å²) in [6.07, 6.45) is 4.94. The highest BCUT2D eigenvalue weighted by molar-refractivity contribution is 8.06. The number of hydrogen-bond donors (Lipinski definition) is 1. The van der Waals surface area contributed by atoms with Gasteiger partial charge >= 0.3 is 0 Å². The van der Waals surface area contributed by atoms with Crippen molar-refractivity contribution in [1.82, 2.24) is 15.5 Å². The molecule has 1 saturated carbocycles. The quantitative estimate of drug-likeness (QED) is 0.924. The van der Waals surface area contributed by atoms with Crippen molar-refractivity contribution < 1.29 is 4.52 Å². The SMILES string of the molecule is CNC1CCCCC1c1nc(C2SCCSC2C)no1. The van der Waals surface area contributed by atoms with Crippen molar-refractivity contribution in [1.29, 1.82) is 0 Å². The van der Waals surface area contributed by atoms with Crippen molar-refractivity contribution in [3.63, 3.8) is 0 Å². The second-order valence-corrected chi connectivity index (χ2v) is 8.38. The zero-order chi connectivity index (χ0) is 13.9. The van der Waals surface area contributed by atoms with E-state index in [1.54, 1.807) is 0 Å². The van der Waals surface area contributed by atoms with Gasteiger partial charge in [-0.2, -0.15) is 16.7 Å². The molecular weight excluding hydrogens is 290 g/mol. The lowest BCUT2D eigenvalue weighted by molar-refractivity contribution is 0.269. The fourth-order valence-electron chi connectivity index (χ4n) is 3.20. The maximum Gasteiger partial charge on any atom is 0.231 e. The Hall–Kier alpha value is -0.200. The summed E-state index contributed by atoms with van der Waals surface area (Å²) >= 11 is 3.99. The molecule has 2 heterocycles. The first-order valence-corrected chi connectivity index (χ1v) is 9.63. The van der Waals surface area contributed by atoms with Crippen LogP contribution >= 0.6 is 23.5 Å². The summed E-state index contributed by atoms with van der Waals surface area (Å²) in [5.74, 6) is 4.57. The molecule has 2 aliphatic rings. The fourth-order valence-corrected chi connectivity index (χ4v) is 5.88. The number of nitrogens with zero attached hydrogens (tertiary/aromatic N) is 2. The predicted octanol–water partition coefficient (Wildman–Crippen LogP) is 3.22. The van der Waals surface area contributed by atoms with Gasteiger partial charge in [0.2, 0.25) is 5.89 Å². The van der Waals surface area contributed by atoms with Crippen LogP contribution in [0.2, 0.25) is 0 Å². The van der Waals surface area contributed by atoms with Crippen molar-refractivity contribution in [3.05, 3.63) is 11.7 Å². The van der Waals surface area contributed by atoms with Crippen LogP contribution in [-0.2, 0) is 0 Å². The summed E-state index contributed by atoms with van der Waals surface area (Å²) in [7, 11) is 2.04. The number of nitrogens with one attached hydrogen (secondary N) is 1. The summed E-state index contributed by atoms with van der Waals surface area (Å²) in [5, 5.41) is 8.67. The molecule has 1 aliphatic heterocycles. The third-order valence-corrected chi connectivity index (χ3v) is 7.44. The molecule has 1 N–H and O–H groups in total. The Morgan fingerprint density at radius 2 is 2.00 bits per heavy atom. The minimum atomic E-state index is 0.392. The zero-order valence-corrected chi connectivity index (χ0v) is 13.8. The Balaban J connectivity index is 1.75. The van der Waals surface area contributed by atoms with Crippen LogP contribution in [0, 0.1) is 0 Å². The number of thioether (sulfide) groups is 2. The summed E-state index contributed by atoms with van der Waals surface area (Å²) in [5.41, 5.74) is 0. The lowest BCUT2D eigenvalue weighted by Gasteiger charge is -2.28. The van der Waals surface area contributed by atoms with E-state index in [1.807, 2.05) is 30.6 Å². The van der Waals surface area contributed by atoms with Crippen LogP contribution in [0.5, 0.6) is 0 Å². The van der Waals surface area contributed by atoms with Gasteiger partial charge in [0.05, 0.1) is 11.2 Å². The van der Waals surface area contributed by atoms with E-state index in [0.29, 0.717) is 22.5 Å². The number of aromatic nitrogens is 2. The van der Waals surface area contributed by atoms with Crippen LogP contribution < -0.4 is 5.32 Å². The molecular formula is C14H23N3OS2. The van der Waals surface area contributed by atoms with E-state index < -0.39 is 0 Å². The molecule has 1 saturated heterocycles. The van der Waals surface area contributed by atoms with Crippen molar-refractivity contribution >= 4 is 23.5 Å². The second-order valence-electron chi connectivity index (χ2n) is 5.64. The molecule has 0 spiro atoms. The van der Waals surface area contributed by atoms with Crippen LogP contribution in [-0.4, -0.2) is 40.0 Å². The summed E-state index contributed by atoms with van der Waals surface area (Å²) in [6, 6.07) is 0.489. The predicted molar refractivity (Wildman–Crippen MR) is 85.5 cm³/mol. The molecule has 2 fully saturated rings. The van der Waals surface area contributed by atoms with Crippen molar-refractivity contribution in [2.75, 3.05) is 18.6 Å². The van der Waals surface area contributed by atoms with Crippen molar-refractivity contribution in [3.8, 4) is 0 Å². The smallest absolute Gasteiger partial charge is 0.231 e. The Kier molecular flexibility index (Phi) is 4.94. The van der Waals surface area contributed by atoms with E-state index in [-0.39, 0.29) is 0 Å². The molecule has 3 rings (SSSR count). The van der Waals surface area contributed by atoms with Crippen molar-refractivity contribution in [2.45, 2.75) is 55.1 Å². The monoisotopic (exact) mass is 313 g/mol. The summed E-state index contributed by atoms with van der Waals surface area (Å²) in [6.45, 7) is 2.27. The minimum absolute atomic E-state index is 0.392. The van der Waals surface area contributed by atoms with E-state index >= 15 is 0 Å². The van der Waals surface area contributed by atoms with E-state index in [4.69, 9.17) is 9.51 Å². The molecule has 20 heavy (non-hydrogen) atoms. The highest BCUT2D eigenvalue weighted by Crippen LogP contribution is 2.42. The van der Waals surface area contributed by atoms with Gasteiger partial charge in [0.1, 0.15) is 0 Å². The van der Waals surface area contributed by atoms with Gasteiger partial charge in [-0.05, 0) is 19.9 Å². The van der Waals surface area contributed by atoms with Gasteiger partial charge in [0.15, 0.2) is 5.82 Å². The number of hydrogen-bond acceptors (Lipinski definition) is 6. The number of rotatable bonds is 3. The Morgan fingerprint density at radius 3 is 2.80 bits per heavy atom. The average Bonchev–Trinajstić information content (AvgIpc) is 2.97.